The number of carboxylic acid groups (broad SMARTS) is 5. The van der Waals surface area contributed by atoms with Crippen molar-refractivity contribution in [2.75, 3.05) is 0 Å². The second-order valence-electron chi connectivity index (χ2n) is 4.35. The van der Waals surface area contributed by atoms with E-state index in [2.05, 4.69) is 0 Å². The minimum Gasteiger partial charge on any atom is -1.00 e. The van der Waals surface area contributed by atoms with E-state index in [-0.39, 0.29) is 148 Å². The van der Waals surface area contributed by atoms with E-state index >= 15 is 0 Å². The van der Waals surface area contributed by atoms with Gasteiger partial charge >= 0.3 is 148 Å². The molecule has 0 fully saturated rings. The van der Waals surface area contributed by atoms with Crippen molar-refractivity contribution >= 4 is 29.8 Å². The van der Waals surface area contributed by atoms with Gasteiger partial charge in [0.05, 0.1) is 12.8 Å². The van der Waals surface area contributed by atoms with Crippen LogP contribution in [-0.2, 0) is 24.0 Å². The van der Waals surface area contributed by atoms with Crippen molar-refractivity contribution < 1.29 is 189 Å². The molecule has 0 bridgehead atoms. The molecule has 0 amide bonds. The van der Waals surface area contributed by atoms with Gasteiger partial charge in [-0.05, 0) is 6.42 Å². The molecule has 0 aromatic heterocycles. The van der Waals surface area contributed by atoms with Crippen molar-refractivity contribution in [2.24, 2.45) is 5.73 Å². The molecule has 1 atom stereocenters. The first-order valence-electron chi connectivity index (χ1n) is 5.91. The first kappa shape index (κ1) is 52.2. The molecular formula is C11H25NNa4O13. The maximum absolute atomic E-state index is 10.3. The first-order chi connectivity index (χ1) is 10.3. The van der Waals surface area contributed by atoms with E-state index in [9.17, 15) is 24.0 Å². The molecule has 0 radical (unpaired) electrons. The third-order valence-electron chi connectivity index (χ3n) is 2.27. The van der Waals surface area contributed by atoms with E-state index in [4.69, 9.17) is 36.4 Å². The molecule has 0 saturated heterocycles. The fourth-order valence-electron chi connectivity index (χ4n) is 1.12. The van der Waals surface area contributed by atoms with Gasteiger partial charge in [0.2, 0.25) is 0 Å². The van der Waals surface area contributed by atoms with Crippen LogP contribution in [0.3, 0.4) is 0 Å². The average molecular weight is 471 g/mol. The Hall–Kier alpha value is 1.19. The summed E-state index contributed by atoms with van der Waals surface area (Å²) >= 11 is 0. The Balaban J connectivity index is -0.0000000208. The van der Waals surface area contributed by atoms with E-state index in [1.807, 2.05) is 0 Å². The van der Waals surface area contributed by atoms with Gasteiger partial charge in [0.25, 0.3) is 0 Å². The molecule has 0 saturated carbocycles. The molecule has 0 spiro atoms. The van der Waals surface area contributed by atoms with E-state index in [0.29, 0.717) is 0 Å². The Morgan fingerprint density at radius 1 is 0.759 bits per heavy atom. The number of nitrogens with two attached hydrogens (primary N) is 1. The van der Waals surface area contributed by atoms with Crippen LogP contribution in [0.25, 0.3) is 0 Å². The minimum absolute atomic E-state index is 0. The normalized spacial score (nSPS) is 9.17. The Morgan fingerprint density at radius 2 is 1.07 bits per heavy atom. The zero-order valence-electron chi connectivity index (χ0n) is 20.7. The van der Waals surface area contributed by atoms with Crippen LogP contribution in [0.2, 0.25) is 0 Å². The predicted molar refractivity (Wildman–Crippen MR) is 81.2 cm³/mol. The van der Waals surface area contributed by atoms with E-state index < -0.39 is 54.3 Å². The van der Waals surface area contributed by atoms with Gasteiger partial charge in [-0.25, -0.2) is 4.79 Å². The SMILES string of the molecule is N[C@@H](CCC(=O)O)C(=O)O.O.O.O=C(O)CC(O)(CC(=O)O)C(=O)O.[H-].[H-].[H-].[H-].[Na+].[Na+].[Na+].[Na+]. The van der Waals surface area contributed by atoms with E-state index in [0.717, 1.165) is 0 Å². The summed E-state index contributed by atoms with van der Waals surface area (Å²) in [6, 6.07) is -1.06. The number of hydrogen-bond donors (Lipinski definition) is 7. The molecule has 0 aromatic rings. The van der Waals surface area contributed by atoms with E-state index in [1.165, 1.54) is 0 Å². The summed E-state index contributed by atoms with van der Waals surface area (Å²) in [6.07, 6.45) is -2.51. The van der Waals surface area contributed by atoms with Crippen molar-refractivity contribution in [1.29, 1.82) is 0 Å². The molecule has 12 N–H and O–H groups in total. The standard InChI is InChI=1S/C6H8O7.C5H9NO4.4Na.2H2O.4H/c7-3(8)1-6(13,5(11)12)2-4(9)10;6-3(5(9)10)1-2-4(7)8;;;;;;;;;;/h13H,1-2H2,(H,7,8)(H,9,10)(H,11,12);3H,1-2,6H2,(H,7,8)(H,9,10);;;;;2*1H2;;;;/q;;4*+1;;;4*-1/t;3-;;;;;;;;;;/m.0........../s1. The van der Waals surface area contributed by atoms with Gasteiger partial charge in [0, 0.05) is 6.42 Å². The van der Waals surface area contributed by atoms with Crippen molar-refractivity contribution in [3.05, 3.63) is 0 Å². The Morgan fingerprint density at radius 3 is 1.24 bits per heavy atom. The molecule has 156 valence electrons. The zero-order chi connectivity index (χ0) is 18.8. The van der Waals surface area contributed by atoms with Gasteiger partial charge in [0.1, 0.15) is 6.04 Å². The van der Waals surface area contributed by atoms with E-state index in [1.54, 1.807) is 0 Å². The smallest absolute Gasteiger partial charge is 1.00 e. The summed E-state index contributed by atoms with van der Waals surface area (Å²) in [5.74, 6) is -7.22. The average Bonchev–Trinajstić information content (AvgIpc) is 2.34. The van der Waals surface area contributed by atoms with Gasteiger partial charge in [-0.3, -0.25) is 19.2 Å². The molecule has 14 nitrogen and oxygen atoms in total. The number of carbonyl (C=O) groups is 5. The second-order valence-corrected chi connectivity index (χ2v) is 4.35. The zero-order valence-corrected chi connectivity index (χ0v) is 24.7. The topological polar surface area (TPSA) is 296 Å². The molecule has 0 aromatic carbocycles. The molecule has 0 heterocycles. The summed E-state index contributed by atoms with van der Waals surface area (Å²) < 4.78 is 0. The summed E-state index contributed by atoms with van der Waals surface area (Å²) in [5, 5.41) is 50.1. The summed E-state index contributed by atoms with van der Waals surface area (Å²) in [6.45, 7) is 0. The molecule has 18 heteroatoms. The number of hydrogen-bond acceptors (Lipinski definition) is 7. The maximum atomic E-state index is 10.3. The van der Waals surface area contributed by atoms with Crippen LogP contribution in [0.1, 0.15) is 31.4 Å². The van der Waals surface area contributed by atoms with Gasteiger partial charge in [-0.15, -0.1) is 0 Å². The summed E-state index contributed by atoms with van der Waals surface area (Å²) in [4.78, 5) is 50.4. The van der Waals surface area contributed by atoms with Gasteiger partial charge in [-0.1, -0.05) is 0 Å². The third kappa shape index (κ3) is 31.5. The Labute approximate surface area is 259 Å². The number of aliphatic carboxylic acids is 5. The first-order valence-corrected chi connectivity index (χ1v) is 5.91. The van der Waals surface area contributed by atoms with Crippen LogP contribution in [0.15, 0.2) is 0 Å². The van der Waals surface area contributed by atoms with Crippen LogP contribution in [0, 0.1) is 0 Å². The quantitative estimate of drug-likeness (QED) is 0.154. The fraction of sp³-hybridized carbons (Fsp3) is 0.545. The van der Waals surface area contributed by atoms with Crippen molar-refractivity contribution in [3.63, 3.8) is 0 Å². The molecule has 0 aliphatic heterocycles. The molecule has 29 heavy (non-hydrogen) atoms. The molecule has 0 aliphatic rings. The summed E-state index contributed by atoms with van der Waals surface area (Å²) in [5.41, 5.74) is 2.26. The molecule has 0 aliphatic carbocycles. The van der Waals surface area contributed by atoms with Crippen molar-refractivity contribution in [2.45, 2.75) is 37.3 Å². The molecule has 0 rings (SSSR count). The fourth-order valence-corrected chi connectivity index (χ4v) is 1.12. The molecule has 0 unspecified atom stereocenters. The number of carboxylic acids is 5. The number of aliphatic hydroxyl groups is 1. The second kappa shape index (κ2) is 27.2. The Kier molecular flexibility index (Phi) is 49.0. The van der Waals surface area contributed by atoms with Crippen LogP contribution >= 0.6 is 0 Å². The third-order valence-corrected chi connectivity index (χ3v) is 2.27. The van der Waals surface area contributed by atoms with Crippen molar-refractivity contribution in [1.82, 2.24) is 0 Å². The van der Waals surface area contributed by atoms with Crippen LogP contribution in [0.4, 0.5) is 0 Å². The monoisotopic (exact) mass is 471 g/mol. The van der Waals surface area contributed by atoms with Crippen LogP contribution in [-0.4, -0.2) is 83.1 Å². The number of rotatable bonds is 9. The van der Waals surface area contributed by atoms with Gasteiger partial charge in [0.15, 0.2) is 5.60 Å². The molecular weight excluding hydrogens is 446 g/mol. The van der Waals surface area contributed by atoms with Gasteiger partial charge in [-0.2, -0.15) is 0 Å². The maximum Gasteiger partial charge on any atom is 1.00 e. The summed E-state index contributed by atoms with van der Waals surface area (Å²) in [7, 11) is 0. The Bertz CT molecular complexity index is 493. The van der Waals surface area contributed by atoms with Crippen LogP contribution < -0.4 is 124 Å². The largest absolute Gasteiger partial charge is 1.00 e. The van der Waals surface area contributed by atoms with Crippen molar-refractivity contribution in [3.8, 4) is 0 Å². The van der Waals surface area contributed by atoms with Crippen LogP contribution in [0.5, 0.6) is 0 Å². The van der Waals surface area contributed by atoms with Gasteiger partial charge < -0.3 is 53.0 Å². The minimum atomic E-state index is -2.74. The predicted octanol–water partition coefficient (Wildman–Crippen LogP) is -15.2.